The van der Waals surface area contributed by atoms with Crippen molar-refractivity contribution in [3.8, 4) is 0 Å². The standard InChI is InChI=1S/C13H18N2O2S/c1-2-11(12(14)18)13(16)15(9-5-6-9)8-10-4-3-7-17-10/h3-4,7,9,11H,2,5-6,8H2,1H3,(H2,14,18). The molecule has 1 fully saturated rings. The van der Waals surface area contributed by atoms with Crippen molar-refractivity contribution in [3.05, 3.63) is 24.2 Å². The van der Waals surface area contributed by atoms with Crippen molar-refractivity contribution in [1.29, 1.82) is 0 Å². The number of nitrogens with two attached hydrogens (primary N) is 1. The van der Waals surface area contributed by atoms with Crippen molar-refractivity contribution in [2.24, 2.45) is 11.7 Å². The van der Waals surface area contributed by atoms with Gasteiger partial charge in [0.15, 0.2) is 0 Å². The Bertz CT molecular complexity index is 426. The molecule has 1 atom stereocenters. The van der Waals surface area contributed by atoms with E-state index in [2.05, 4.69) is 0 Å². The molecule has 1 saturated carbocycles. The van der Waals surface area contributed by atoms with Gasteiger partial charge in [-0.3, -0.25) is 4.79 Å². The van der Waals surface area contributed by atoms with Gasteiger partial charge in [-0.05, 0) is 31.4 Å². The zero-order valence-electron chi connectivity index (χ0n) is 10.5. The van der Waals surface area contributed by atoms with Gasteiger partial charge in [-0.1, -0.05) is 19.1 Å². The van der Waals surface area contributed by atoms with E-state index in [1.807, 2.05) is 24.0 Å². The molecular weight excluding hydrogens is 248 g/mol. The van der Waals surface area contributed by atoms with Gasteiger partial charge in [0.05, 0.1) is 23.7 Å². The van der Waals surface area contributed by atoms with Crippen LogP contribution in [0.4, 0.5) is 0 Å². The first-order chi connectivity index (χ1) is 8.63. The van der Waals surface area contributed by atoms with Crippen molar-refractivity contribution in [2.45, 2.75) is 38.8 Å². The quantitative estimate of drug-likeness (QED) is 0.801. The molecule has 1 aliphatic carbocycles. The van der Waals surface area contributed by atoms with Gasteiger partial charge >= 0.3 is 0 Å². The van der Waals surface area contributed by atoms with Gasteiger partial charge < -0.3 is 15.1 Å². The predicted molar refractivity (Wildman–Crippen MR) is 72.8 cm³/mol. The van der Waals surface area contributed by atoms with Gasteiger partial charge in [-0.2, -0.15) is 0 Å². The molecule has 98 valence electrons. The molecule has 0 spiro atoms. The molecule has 1 aromatic heterocycles. The van der Waals surface area contributed by atoms with E-state index in [1.54, 1.807) is 6.26 Å². The Morgan fingerprint density at radius 3 is 2.83 bits per heavy atom. The number of nitrogens with zero attached hydrogens (tertiary/aromatic N) is 1. The van der Waals surface area contributed by atoms with Gasteiger partial charge in [0, 0.05) is 6.04 Å². The largest absolute Gasteiger partial charge is 0.467 e. The molecule has 0 aliphatic heterocycles. The number of amides is 1. The van der Waals surface area contributed by atoms with Crippen LogP contribution >= 0.6 is 12.2 Å². The summed E-state index contributed by atoms with van der Waals surface area (Å²) in [7, 11) is 0. The van der Waals surface area contributed by atoms with Crippen LogP contribution in [0, 0.1) is 5.92 Å². The first-order valence-corrected chi connectivity index (χ1v) is 6.66. The van der Waals surface area contributed by atoms with Crippen molar-refractivity contribution >= 4 is 23.1 Å². The highest BCUT2D eigenvalue weighted by atomic mass is 32.1. The summed E-state index contributed by atoms with van der Waals surface area (Å²) < 4.78 is 5.31. The molecule has 0 bridgehead atoms. The van der Waals surface area contributed by atoms with E-state index in [0.29, 0.717) is 19.0 Å². The molecule has 1 aromatic rings. The summed E-state index contributed by atoms with van der Waals surface area (Å²) in [6, 6.07) is 4.03. The topological polar surface area (TPSA) is 59.5 Å². The van der Waals surface area contributed by atoms with Gasteiger partial charge in [0.25, 0.3) is 0 Å². The van der Waals surface area contributed by atoms with Gasteiger partial charge in [-0.15, -0.1) is 0 Å². The summed E-state index contributed by atoms with van der Waals surface area (Å²) in [6.07, 6.45) is 4.38. The molecule has 1 heterocycles. The van der Waals surface area contributed by atoms with Gasteiger partial charge in [-0.25, -0.2) is 0 Å². The van der Waals surface area contributed by atoms with E-state index in [0.717, 1.165) is 18.6 Å². The van der Waals surface area contributed by atoms with Crippen LogP contribution in [0.3, 0.4) is 0 Å². The molecule has 0 aromatic carbocycles. The normalized spacial score (nSPS) is 16.3. The Morgan fingerprint density at radius 2 is 2.39 bits per heavy atom. The lowest BCUT2D eigenvalue weighted by Crippen LogP contribution is -2.41. The number of thiocarbonyl (C=S) groups is 1. The lowest BCUT2D eigenvalue weighted by Gasteiger charge is -2.25. The minimum atomic E-state index is -0.351. The SMILES string of the molecule is CCC(C(=O)N(Cc1ccco1)C1CC1)C(N)=S. The Hall–Kier alpha value is -1.36. The molecule has 1 aliphatic rings. The van der Waals surface area contributed by atoms with Gasteiger partial charge in [0.2, 0.25) is 5.91 Å². The molecular formula is C13H18N2O2S. The molecule has 0 saturated heterocycles. The monoisotopic (exact) mass is 266 g/mol. The van der Waals surface area contributed by atoms with Crippen LogP contribution in [0.15, 0.2) is 22.8 Å². The second-order valence-electron chi connectivity index (χ2n) is 4.64. The summed E-state index contributed by atoms with van der Waals surface area (Å²) in [5.74, 6) is 0.479. The summed E-state index contributed by atoms with van der Waals surface area (Å²) in [5.41, 5.74) is 5.64. The summed E-state index contributed by atoms with van der Waals surface area (Å²) in [4.78, 5) is 14.6. The van der Waals surface area contributed by atoms with E-state index in [9.17, 15) is 4.79 Å². The van der Waals surface area contributed by atoms with E-state index < -0.39 is 0 Å². The van der Waals surface area contributed by atoms with Crippen molar-refractivity contribution in [2.75, 3.05) is 0 Å². The van der Waals surface area contributed by atoms with E-state index in [1.165, 1.54) is 0 Å². The third-order valence-electron chi connectivity index (χ3n) is 3.23. The molecule has 1 amide bonds. The molecule has 2 rings (SSSR count). The van der Waals surface area contributed by atoms with E-state index in [4.69, 9.17) is 22.4 Å². The molecule has 4 nitrogen and oxygen atoms in total. The Kier molecular flexibility index (Phi) is 4.01. The molecule has 1 unspecified atom stereocenters. The van der Waals surface area contributed by atoms with E-state index in [-0.39, 0.29) is 16.8 Å². The fourth-order valence-corrected chi connectivity index (χ4v) is 2.31. The molecule has 2 N–H and O–H groups in total. The number of carbonyl (C=O) groups is 1. The second-order valence-corrected chi connectivity index (χ2v) is 5.11. The Balaban J connectivity index is 2.09. The van der Waals surface area contributed by atoms with Crippen molar-refractivity contribution in [1.82, 2.24) is 4.90 Å². The lowest BCUT2D eigenvalue weighted by atomic mass is 10.0. The second kappa shape index (κ2) is 5.52. The van der Waals surface area contributed by atoms with Crippen molar-refractivity contribution in [3.63, 3.8) is 0 Å². The Morgan fingerprint density at radius 1 is 1.67 bits per heavy atom. The predicted octanol–water partition coefficient (Wildman–Crippen LogP) is 2.08. The minimum Gasteiger partial charge on any atom is -0.467 e. The maximum Gasteiger partial charge on any atom is 0.233 e. The van der Waals surface area contributed by atoms with Crippen LogP contribution in [0.25, 0.3) is 0 Å². The number of hydrogen-bond donors (Lipinski definition) is 1. The highest BCUT2D eigenvalue weighted by molar-refractivity contribution is 7.80. The molecule has 18 heavy (non-hydrogen) atoms. The maximum atomic E-state index is 12.4. The third kappa shape index (κ3) is 2.90. The smallest absolute Gasteiger partial charge is 0.233 e. The zero-order chi connectivity index (χ0) is 13.1. The van der Waals surface area contributed by atoms with Crippen LogP contribution in [0.5, 0.6) is 0 Å². The first kappa shape index (κ1) is 13.1. The average Bonchev–Trinajstić information content (AvgIpc) is 3.03. The van der Waals surface area contributed by atoms with Crippen LogP contribution in [0.2, 0.25) is 0 Å². The van der Waals surface area contributed by atoms with Gasteiger partial charge in [0.1, 0.15) is 5.76 Å². The molecule has 5 heteroatoms. The van der Waals surface area contributed by atoms with Crippen LogP contribution in [-0.2, 0) is 11.3 Å². The Labute approximate surface area is 112 Å². The maximum absolute atomic E-state index is 12.4. The molecule has 0 radical (unpaired) electrons. The van der Waals surface area contributed by atoms with Crippen molar-refractivity contribution < 1.29 is 9.21 Å². The van der Waals surface area contributed by atoms with Crippen LogP contribution < -0.4 is 5.73 Å². The highest BCUT2D eigenvalue weighted by Gasteiger charge is 2.36. The average molecular weight is 266 g/mol. The summed E-state index contributed by atoms with van der Waals surface area (Å²) in [5, 5.41) is 0. The van der Waals surface area contributed by atoms with Crippen LogP contribution in [0.1, 0.15) is 31.9 Å². The van der Waals surface area contributed by atoms with E-state index >= 15 is 0 Å². The summed E-state index contributed by atoms with van der Waals surface area (Å²) in [6.45, 7) is 2.44. The van der Waals surface area contributed by atoms with Crippen LogP contribution in [-0.4, -0.2) is 21.8 Å². The number of furan rings is 1. The third-order valence-corrected chi connectivity index (χ3v) is 3.51. The number of hydrogen-bond acceptors (Lipinski definition) is 3. The zero-order valence-corrected chi connectivity index (χ0v) is 11.3. The fraction of sp³-hybridized carbons (Fsp3) is 0.538. The first-order valence-electron chi connectivity index (χ1n) is 6.25. The minimum absolute atomic E-state index is 0.0314. The lowest BCUT2D eigenvalue weighted by molar-refractivity contribution is -0.134. The fourth-order valence-electron chi connectivity index (χ4n) is 2.04. The number of carbonyl (C=O) groups excluding carboxylic acids is 1. The number of rotatable bonds is 6. The summed E-state index contributed by atoms with van der Waals surface area (Å²) >= 11 is 4.97. The highest BCUT2D eigenvalue weighted by Crippen LogP contribution is 2.30.